The summed E-state index contributed by atoms with van der Waals surface area (Å²) in [5.74, 6) is 0.277. The lowest BCUT2D eigenvalue weighted by Crippen LogP contribution is -2.11. The molecule has 27 heavy (non-hydrogen) atoms. The minimum absolute atomic E-state index is 0.224. The SMILES string of the molecule is C=C(C)C(=O)Nc1cccc(-c2ncnc3[nH]cc(-c4nc(C)co4)c23)c1. The standard InChI is InChI=1S/C20H17N5O2/c1-11(2)19(26)25-14-6-4-5-13(7-14)17-16-15(20-24-12(3)9-27-20)8-21-18(16)23-10-22-17/h4-10H,1H2,2-3H3,(H,25,26)(H,21,22,23). The fourth-order valence-corrected chi connectivity index (χ4v) is 2.81. The van der Waals surface area contributed by atoms with Gasteiger partial charge in [-0.1, -0.05) is 18.7 Å². The minimum atomic E-state index is -0.224. The molecule has 1 aromatic carbocycles. The summed E-state index contributed by atoms with van der Waals surface area (Å²) in [6.45, 7) is 7.19. The van der Waals surface area contributed by atoms with Crippen LogP contribution in [0.15, 0.2) is 59.6 Å². The van der Waals surface area contributed by atoms with Crippen molar-refractivity contribution in [1.29, 1.82) is 0 Å². The zero-order chi connectivity index (χ0) is 19.0. The van der Waals surface area contributed by atoms with Crippen LogP contribution in [-0.4, -0.2) is 25.8 Å². The Labute approximate surface area is 155 Å². The molecule has 7 nitrogen and oxygen atoms in total. The van der Waals surface area contributed by atoms with Gasteiger partial charge in [0.1, 0.15) is 18.2 Å². The maximum atomic E-state index is 11.9. The summed E-state index contributed by atoms with van der Waals surface area (Å²) in [6.07, 6.45) is 4.91. The molecule has 3 heterocycles. The number of carbonyl (C=O) groups excluding carboxylic acids is 1. The molecule has 0 aliphatic carbocycles. The average molecular weight is 359 g/mol. The third-order valence-electron chi connectivity index (χ3n) is 4.10. The van der Waals surface area contributed by atoms with Gasteiger partial charge in [0.15, 0.2) is 0 Å². The summed E-state index contributed by atoms with van der Waals surface area (Å²) >= 11 is 0. The molecule has 0 radical (unpaired) electrons. The van der Waals surface area contributed by atoms with E-state index in [1.807, 2.05) is 31.2 Å². The molecule has 4 aromatic rings. The lowest BCUT2D eigenvalue weighted by Gasteiger charge is -2.08. The largest absolute Gasteiger partial charge is 0.444 e. The van der Waals surface area contributed by atoms with Gasteiger partial charge in [-0.3, -0.25) is 4.79 Å². The maximum Gasteiger partial charge on any atom is 0.250 e. The smallest absolute Gasteiger partial charge is 0.250 e. The topological polar surface area (TPSA) is 96.7 Å². The van der Waals surface area contributed by atoms with E-state index < -0.39 is 0 Å². The molecule has 0 aliphatic heterocycles. The number of carbonyl (C=O) groups is 1. The van der Waals surface area contributed by atoms with E-state index in [0.717, 1.165) is 27.9 Å². The third-order valence-corrected chi connectivity index (χ3v) is 4.10. The minimum Gasteiger partial charge on any atom is -0.444 e. The van der Waals surface area contributed by atoms with Crippen LogP contribution in [-0.2, 0) is 4.79 Å². The number of aryl methyl sites for hydroxylation is 1. The van der Waals surface area contributed by atoms with E-state index in [4.69, 9.17) is 4.42 Å². The van der Waals surface area contributed by atoms with Crippen LogP contribution in [0.2, 0.25) is 0 Å². The first-order chi connectivity index (χ1) is 13.0. The molecule has 4 rings (SSSR count). The second kappa shape index (κ2) is 6.53. The van der Waals surface area contributed by atoms with E-state index in [1.54, 1.807) is 19.4 Å². The molecular formula is C20H17N5O2. The Balaban J connectivity index is 1.84. The second-order valence-corrected chi connectivity index (χ2v) is 6.26. The maximum absolute atomic E-state index is 11.9. The molecule has 0 unspecified atom stereocenters. The average Bonchev–Trinajstić information content (AvgIpc) is 3.27. The fourth-order valence-electron chi connectivity index (χ4n) is 2.81. The van der Waals surface area contributed by atoms with Gasteiger partial charge in [0.2, 0.25) is 5.89 Å². The number of aromatic amines is 1. The van der Waals surface area contributed by atoms with Crippen molar-refractivity contribution < 1.29 is 9.21 Å². The highest BCUT2D eigenvalue weighted by molar-refractivity contribution is 6.04. The number of nitrogens with one attached hydrogen (secondary N) is 2. The van der Waals surface area contributed by atoms with Crippen LogP contribution < -0.4 is 5.32 Å². The summed E-state index contributed by atoms with van der Waals surface area (Å²) in [6, 6.07) is 7.47. The zero-order valence-corrected chi connectivity index (χ0v) is 14.9. The first kappa shape index (κ1) is 16.7. The predicted octanol–water partition coefficient (Wildman–Crippen LogP) is 4.10. The monoisotopic (exact) mass is 359 g/mol. The van der Waals surface area contributed by atoms with E-state index in [9.17, 15) is 4.79 Å². The molecule has 0 spiro atoms. The number of nitrogens with zero attached hydrogens (tertiary/aromatic N) is 3. The molecule has 0 saturated heterocycles. The normalized spacial score (nSPS) is 10.9. The highest BCUT2D eigenvalue weighted by Gasteiger charge is 2.17. The van der Waals surface area contributed by atoms with Gasteiger partial charge in [-0.05, 0) is 26.0 Å². The van der Waals surface area contributed by atoms with Gasteiger partial charge >= 0.3 is 0 Å². The van der Waals surface area contributed by atoms with Crippen LogP contribution in [0.25, 0.3) is 33.7 Å². The van der Waals surface area contributed by atoms with Crippen molar-refractivity contribution >= 4 is 22.6 Å². The van der Waals surface area contributed by atoms with Crippen LogP contribution >= 0.6 is 0 Å². The summed E-state index contributed by atoms with van der Waals surface area (Å²) in [7, 11) is 0. The van der Waals surface area contributed by atoms with Gasteiger partial charge in [-0.15, -0.1) is 0 Å². The van der Waals surface area contributed by atoms with Crippen LogP contribution in [0.5, 0.6) is 0 Å². The molecule has 3 aromatic heterocycles. The number of benzene rings is 1. The molecule has 0 saturated carbocycles. The van der Waals surface area contributed by atoms with E-state index in [2.05, 4.69) is 31.8 Å². The third kappa shape index (κ3) is 3.10. The van der Waals surface area contributed by atoms with Gasteiger partial charge < -0.3 is 14.7 Å². The number of rotatable bonds is 4. The molecular weight excluding hydrogens is 342 g/mol. The molecule has 0 aliphatic rings. The number of anilines is 1. The van der Waals surface area contributed by atoms with Gasteiger partial charge in [0, 0.05) is 23.0 Å². The Bertz CT molecular complexity index is 1170. The van der Waals surface area contributed by atoms with Gasteiger partial charge in [-0.25, -0.2) is 15.0 Å². The fraction of sp³-hybridized carbons (Fsp3) is 0.100. The highest BCUT2D eigenvalue weighted by Crippen LogP contribution is 2.34. The number of oxazole rings is 1. The van der Waals surface area contributed by atoms with Crippen LogP contribution in [0.4, 0.5) is 5.69 Å². The highest BCUT2D eigenvalue weighted by atomic mass is 16.3. The number of fused-ring (bicyclic) bond motifs is 1. The quantitative estimate of drug-likeness (QED) is 0.535. The second-order valence-electron chi connectivity index (χ2n) is 6.26. The van der Waals surface area contributed by atoms with Crippen LogP contribution in [0, 0.1) is 6.92 Å². The Kier molecular flexibility index (Phi) is 4.04. The number of aromatic nitrogens is 4. The Morgan fingerprint density at radius 2 is 2.15 bits per heavy atom. The lowest BCUT2D eigenvalue weighted by molar-refractivity contribution is -0.112. The number of hydrogen-bond donors (Lipinski definition) is 2. The van der Waals surface area contributed by atoms with Crippen molar-refractivity contribution in [3.8, 4) is 22.7 Å². The Morgan fingerprint density at radius 3 is 2.89 bits per heavy atom. The lowest BCUT2D eigenvalue weighted by atomic mass is 10.1. The number of hydrogen-bond acceptors (Lipinski definition) is 5. The van der Waals surface area contributed by atoms with Gasteiger partial charge in [0.25, 0.3) is 5.91 Å². The van der Waals surface area contributed by atoms with Gasteiger partial charge in [0.05, 0.1) is 22.3 Å². The Morgan fingerprint density at radius 1 is 1.30 bits per heavy atom. The van der Waals surface area contributed by atoms with Crippen LogP contribution in [0.1, 0.15) is 12.6 Å². The first-order valence-corrected chi connectivity index (χ1v) is 8.35. The molecule has 0 bridgehead atoms. The molecule has 7 heteroatoms. The molecule has 1 amide bonds. The molecule has 2 N–H and O–H groups in total. The zero-order valence-electron chi connectivity index (χ0n) is 14.9. The number of amides is 1. The van der Waals surface area contributed by atoms with E-state index in [-0.39, 0.29) is 5.91 Å². The Hall–Kier alpha value is -3.74. The molecule has 0 atom stereocenters. The van der Waals surface area contributed by atoms with E-state index in [1.165, 1.54) is 6.33 Å². The van der Waals surface area contributed by atoms with Crippen molar-refractivity contribution in [3.63, 3.8) is 0 Å². The van der Waals surface area contributed by atoms with E-state index >= 15 is 0 Å². The predicted molar refractivity (Wildman–Crippen MR) is 103 cm³/mol. The summed E-state index contributed by atoms with van der Waals surface area (Å²) in [5.41, 5.74) is 4.92. The molecule has 0 fully saturated rings. The van der Waals surface area contributed by atoms with E-state index in [0.29, 0.717) is 22.8 Å². The summed E-state index contributed by atoms with van der Waals surface area (Å²) in [5, 5.41) is 3.63. The number of H-pyrrole nitrogens is 1. The van der Waals surface area contributed by atoms with Gasteiger partial charge in [-0.2, -0.15) is 0 Å². The van der Waals surface area contributed by atoms with Crippen molar-refractivity contribution in [2.24, 2.45) is 0 Å². The van der Waals surface area contributed by atoms with Crippen molar-refractivity contribution in [2.45, 2.75) is 13.8 Å². The molecule has 134 valence electrons. The van der Waals surface area contributed by atoms with Crippen molar-refractivity contribution in [3.05, 3.63) is 60.9 Å². The summed E-state index contributed by atoms with van der Waals surface area (Å²) in [4.78, 5) is 28.2. The van der Waals surface area contributed by atoms with Crippen LogP contribution in [0.3, 0.4) is 0 Å². The summed E-state index contributed by atoms with van der Waals surface area (Å²) < 4.78 is 5.56. The van der Waals surface area contributed by atoms with Crippen molar-refractivity contribution in [2.75, 3.05) is 5.32 Å². The van der Waals surface area contributed by atoms with Crippen molar-refractivity contribution in [1.82, 2.24) is 19.9 Å². The first-order valence-electron chi connectivity index (χ1n) is 8.35.